The van der Waals surface area contributed by atoms with Gasteiger partial charge in [-0.1, -0.05) is 41.1 Å². The standard InChI is InChI=1S/C19H22BrN3OS/c1-4-9-22(14(3)16-7-5-6-8-17(16)20)11-15-10-18(24)23-13(2)12-25-19(23)21-15/h5-8,10,12,14H,4,9,11H2,1-3H3. The Morgan fingerprint density at radius 2 is 2.12 bits per heavy atom. The van der Waals surface area contributed by atoms with Crippen molar-refractivity contribution in [3.05, 3.63) is 67.5 Å². The number of nitrogens with zero attached hydrogens (tertiary/aromatic N) is 3. The summed E-state index contributed by atoms with van der Waals surface area (Å²) in [6.07, 6.45) is 1.05. The first-order valence-electron chi connectivity index (χ1n) is 8.46. The molecule has 0 saturated carbocycles. The van der Waals surface area contributed by atoms with Crippen molar-refractivity contribution in [2.24, 2.45) is 0 Å². The van der Waals surface area contributed by atoms with Crippen LogP contribution in [-0.4, -0.2) is 20.8 Å². The summed E-state index contributed by atoms with van der Waals surface area (Å²) in [6.45, 7) is 7.93. The minimum Gasteiger partial charge on any atom is -0.291 e. The molecular weight excluding hydrogens is 398 g/mol. The molecule has 0 bridgehead atoms. The highest BCUT2D eigenvalue weighted by Crippen LogP contribution is 2.28. The minimum atomic E-state index is 0.00347. The fourth-order valence-electron chi connectivity index (χ4n) is 3.10. The lowest BCUT2D eigenvalue weighted by atomic mass is 10.1. The highest BCUT2D eigenvalue weighted by Gasteiger charge is 2.19. The Hall–Kier alpha value is -1.50. The highest BCUT2D eigenvalue weighted by atomic mass is 79.9. The predicted molar refractivity (Wildman–Crippen MR) is 107 cm³/mol. The number of aromatic nitrogens is 2. The zero-order valence-electron chi connectivity index (χ0n) is 14.7. The Balaban J connectivity index is 1.92. The molecule has 0 saturated heterocycles. The van der Waals surface area contributed by atoms with Gasteiger partial charge in [0, 0.05) is 34.2 Å². The molecule has 132 valence electrons. The number of hydrogen-bond acceptors (Lipinski definition) is 4. The van der Waals surface area contributed by atoms with Gasteiger partial charge in [-0.05, 0) is 38.4 Å². The number of hydrogen-bond donors (Lipinski definition) is 0. The first-order valence-corrected chi connectivity index (χ1v) is 10.1. The van der Waals surface area contributed by atoms with E-state index in [1.807, 2.05) is 18.4 Å². The van der Waals surface area contributed by atoms with Gasteiger partial charge in [0.2, 0.25) is 0 Å². The van der Waals surface area contributed by atoms with Crippen LogP contribution in [0.4, 0.5) is 0 Å². The first-order chi connectivity index (χ1) is 12.0. The third kappa shape index (κ3) is 3.86. The predicted octanol–water partition coefficient (Wildman–Crippen LogP) is 4.80. The van der Waals surface area contributed by atoms with Crippen LogP contribution in [0.15, 0.2) is 45.0 Å². The largest absolute Gasteiger partial charge is 0.291 e. The van der Waals surface area contributed by atoms with Gasteiger partial charge in [-0.3, -0.25) is 14.1 Å². The van der Waals surface area contributed by atoms with Gasteiger partial charge in [-0.2, -0.15) is 0 Å². The van der Waals surface area contributed by atoms with Gasteiger partial charge < -0.3 is 0 Å². The molecule has 0 aliphatic rings. The molecule has 0 radical (unpaired) electrons. The Labute approximate surface area is 160 Å². The van der Waals surface area contributed by atoms with Gasteiger partial charge in [0.05, 0.1) is 5.69 Å². The lowest BCUT2D eigenvalue weighted by molar-refractivity contribution is 0.199. The maximum atomic E-state index is 12.4. The zero-order valence-corrected chi connectivity index (χ0v) is 17.1. The third-order valence-corrected chi connectivity index (χ3v) is 6.07. The molecule has 0 aliphatic carbocycles. The van der Waals surface area contributed by atoms with E-state index in [1.54, 1.807) is 10.5 Å². The Kier molecular flexibility index (Phi) is 5.71. The van der Waals surface area contributed by atoms with Crippen LogP contribution < -0.4 is 5.56 Å². The molecule has 0 fully saturated rings. The Bertz CT molecular complexity index is 934. The highest BCUT2D eigenvalue weighted by molar-refractivity contribution is 9.10. The Morgan fingerprint density at radius 1 is 1.36 bits per heavy atom. The van der Waals surface area contributed by atoms with Crippen LogP contribution in [0.5, 0.6) is 0 Å². The van der Waals surface area contributed by atoms with Gasteiger partial charge in [0.1, 0.15) is 0 Å². The summed E-state index contributed by atoms with van der Waals surface area (Å²) in [4.78, 5) is 20.3. The average Bonchev–Trinajstić information content (AvgIpc) is 2.96. The fraction of sp³-hybridized carbons (Fsp3) is 0.368. The molecule has 6 heteroatoms. The first kappa shape index (κ1) is 18.3. The van der Waals surface area contributed by atoms with Crippen LogP contribution in [-0.2, 0) is 6.54 Å². The summed E-state index contributed by atoms with van der Waals surface area (Å²) in [5.74, 6) is 0. The molecule has 0 spiro atoms. The second-order valence-corrected chi connectivity index (χ2v) is 7.94. The van der Waals surface area contributed by atoms with Crippen LogP contribution >= 0.6 is 27.3 Å². The number of rotatable bonds is 6. The SMILES string of the molecule is CCCN(Cc1cc(=O)n2c(C)csc2n1)C(C)c1ccccc1Br. The van der Waals surface area contributed by atoms with E-state index in [1.165, 1.54) is 16.9 Å². The van der Waals surface area contributed by atoms with Gasteiger partial charge >= 0.3 is 0 Å². The van der Waals surface area contributed by atoms with Crippen molar-refractivity contribution in [3.8, 4) is 0 Å². The summed E-state index contributed by atoms with van der Waals surface area (Å²) in [7, 11) is 0. The van der Waals surface area contributed by atoms with E-state index < -0.39 is 0 Å². The van der Waals surface area contributed by atoms with E-state index in [-0.39, 0.29) is 11.6 Å². The van der Waals surface area contributed by atoms with Crippen molar-refractivity contribution >= 4 is 32.2 Å². The van der Waals surface area contributed by atoms with Gasteiger partial charge in [-0.25, -0.2) is 4.98 Å². The normalized spacial score (nSPS) is 12.8. The zero-order chi connectivity index (χ0) is 18.0. The maximum absolute atomic E-state index is 12.4. The van der Waals surface area contributed by atoms with Gasteiger partial charge in [-0.15, -0.1) is 11.3 Å². The molecule has 25 heavy (non-hydrogen) atoms. The molecule has 0 amide bonds. The monoisotopic (exact) mass is 419 g/mol. The maximum Gasteiger partial charge on any atom is 0.259 e. The summed E-state index contributed by atoms with van der Waals surface area (Å²) < 4.78 is 2.79. The van der Waals surface area contributed by atoms with Crippen molar-refractivity contribution in [3.63, 3.8) is 0 Å². The van der Waals surface area contributed by atoms with Gasteiger partial charge in [0.15, 0.2) is 4.96 Å². The van der Waals surface area contributed by atoms with E-state index in [4.69, 9.17) is 4.98 Å². The molecule has 0 aliphatic heterocycles. The van der Waals surface area contributed by atoms with E-state index >= 15 is 0 Å². The second-order valence-electron chi connectivity index (χ2n) is 6.25. The van der Waals surface area contributed by atoms with Gasteiger partial charge in [0.25, 0.3) is 5.56 Å². The van der Waals surface area contributed by atoms with Crippen LogP contribution in [0.2, 0.25) is 0 Å². The molecule has 3 aromatic rings. The number of benzene rings is 1. The number of aryl methyl sites for hydroxylation is 1. The van der Waals surface area contributed by atoms with Crippen molar-refractivity contribution in [1.82, 2.24) is 14.3 Å². The Morgan fingerprint density at radius 3 is 2.84 bits per heavy atom. The molecule has 4 nitrogen and oxygen atoms in total. The van der Waals surface area contributed by atoms with Crippen LogP contribution in [0.1, 0.15) is 43.3 Å². The van der Waals surface area contributed by atoms with E-state index in [9.17, 15) is 4.79 Å². The molecule has 3 rings (SSSR count). The van der Waals surface area contributed by atoms with Crippen molar-refractivity contribution < 1.29 is 0 Å². The van der Waals surface area contributed by atoms with E-state index in [2.05, 4.69) is 52.9 Å². The van der Waals surface area contributed by atoms with Crippen LogP contribution in [0.3, 0.4) is 0 Å². The van der Waals surface area contributed by atoms with Crippen molar-refractivity contribution in [2.45, 2.75) is 39.8 Å². The average molecular weight is 420 g/mol. The van der Waals surface area contributed by atoms with E-state index in [0.29, 0.717) is 6.54 Å². The number of halogens is 1. The minimum absolute atomic E-state index is 0.00347. The number of thiazole rings is 1. The molecular formula is C19H22BrN3OS. The molecule has 1 unspecified atom stereocenters. The summed E-state index contributed by atoms with van der Waals surface area (Å²) >= 11 is 5.17. The summed E-state index contributed by atoms with van der Waals surface area (Å²) in [6, 6.07) is 10.2. The molecule has 2 heterocycles. The number of fused-ring (bicyclic) bond motifs is 1. The van der Waals surface area contributed by atoms with Crippen LogP contribution in [0, 0.1) is 6.92 Å². The van der Waals surface area contributed by atoms with E-state index in [0.717, 1.165) is 33.8 Å². The topological polar surface area (TPSA) is 37.6 Å². The fourth-order valence-corrected chi connectivity index (χ4v) is 4.60. The van der Waals surface area contributed by atoms with Crippen LogP contribution in [0.25, 0.3) is 4.96 Å². The molecule has 2 aromatic heterocycles. The van der Waals surface area contributed by atoms with Crippen molar-refractivity contribution in [1.29, 1.82) is 0 Å². The lowest BCUT2D eigenvalue weighted by Crippen LogP contribution is -2.29. The van der Waals surface area contributed by atoms with Crippen molar-refractivity contribution in [2.75, 3.05) is 6.54 Å². The molecule has 1 atom stereocenters. The third-order valence-electron chi connectivity index (χ3n) is 4.41. The summed E-state index contributed by atoms with van der Waals surface area (Å²) in [5.41, 5.74) is 3.03. The molecule has 0 N–H and O–H groups in total. The second kappa shape index (κ2) is 7.81. The molecule has 1 aromatic carbocycles. The lowest BCUT2D eigenvalue weighted by Gasteiger charge is -2.29. The smallest absolute Gasteiger partial charge is 0.259 e. The quantitative estimate of drug-likeness (QED) is 0.575. The summed E-state index contributed by atoms with van der Waals surface area (Å²) in [5, 5.41) is 1.97.